The van der Waals surface area contributed by atoms with Gasteiger partial charge in [-0.2, -0.15) is 0 Å². The molecule has 9 heteroatoms. The summed E-state index contributed by atoms with van der Waals surface area (Å²) in [6, 6.07) is 0. The number of rotatable bonds is 4. The van der Waals surface area contributed by atoms with Crippen molar-refractivity contribution in [1.29, 1.82) is 0 Å². The molecule has 9 fully saturated rings. The van der Waals surface area contributed by atoms with Crippen molar-refractivity contribution in [3.8, 4) is 0 Å². The molecule has 5 heterocycles. The zero-order chi connectivity index (χ0) is 31.7. The summed E-state index contributed by atoms with van der Waals surface area (Å²) in [6.07, 6.45) is 29.6. The zero-order valence-corrected chi connectivity index (χ0v) is 32.2. The van der Waals surface area contributed by atoms with Crippen LogP contribution in [0.15, 0.2) is 25.3 Å². The van der Waals surface area contributed by atoms with Crippen LogP contribution >= 0.6 is 0 Å². The first-order chi connectivity index (χ1) is 23.2. The first-order valence-corrected chi connectivity index (χ1v) is 24.7. The summed E-state index contributed by atoms with van der Waals surface area (Å²) in [4.78, 5) is 0. The summed E-state index contributed by atoms with van der Waals surface area (Å²) in [5.41, 5.74) is 0. The van der Waals surface area contributed by atoms with Gasteiger partial charge in [-0.25, -0.2) is 0 Å². The second kappa shape index (κ2) is 15.5. The molecule has 4 aliphatic carbocycles. The Labute approximate surface area is 292 Å². The molecule has 0 aromatic rings. The van der Waals surface area contributed by atoms with Crippen LogP contribution in [0.3, 0.4) is 0 Å². The van der Waals surface area contributed by atoms with E-state index < -0.39 is 0 Å². The maximum absolute atomic E-state index is 4.26. The van der Waals surface area contributed by atoms with Gasteiger partial charge >= 0.3 is 51.2 Å². The number of hydrogen-bond donors (Lipinski definition) is 8. The average molecular weight is 710 g/mol. The van der Waals surface area contributed by atoms with Gasteiger partial charge in [-0.3, -0.25) is 42.5 Å². The van der Waals surface area contributed by atoms with Crippen molar-refractivity contribution in [2.45, 2.75) is 163 Å². The predicted octanol–water partition coefficient (Wildman–Crippen LogP) is 3.97. The van der Waals surface area contributed by atoms with Gasteiger partial charge in [0, 0.05) is 0 Å². The van der Waals surface area contributed by atoms with E-state index in [1.165, 1.54) is 113 Å². The molecule has 0 radical (unpaired) electrons. The summed E-state index contributed by atoms with van der Waals surface area (Å²) < 4.78 is 0. The van der Waals surface area contributed by atoms with E-state index in [0.29, 0.717) is 49.3 Å². The van der Waals surface area contributed by atoms with E-state index in [9.17, 15) is 0 Å². The Morgan fingerprint density at radius 1 is 0.340 bits per heavy atom. The molecule has 8 bridgehead atoms. The Balaban J connectivity index is 0.000000420. The van der Waals surface area contributed by atoms with Crippen LogP contribution in [0, 0.1) is 47.3 Å². The fourth-order valence-electron chi connectivity index (χ4n) is 12.4. The molecule has 8 nitrogen and oxygen atoms in total. The van der Waals surface area contributed by atoms with E-state index >= 15 is 0 Å². The zero-order valence-electron chi connectivity index (χ0n) is 29.2. The molecule has 4 saturated carbocycles. The Kier molecular flexibility index (Phi) is 11.2. The van der Waals surface area contributed by atoms with E-state index in [1.807, 2.05) is 12.2 Å². The molecular formula is C38H68GeN8. The summed E-state index contributed by atoms with van der Waals surface area (Å²) in [5, 5.41) is 36.4. The summed E-state index contributed by atoms with van der Waals surface area (Å²) in [5.74, 6) is 5.97. The summed E-state index contributed by atoms with van der Waals surface area (Å²) in [6.45, 7) is 7.29. The van der Waals surface area contributed by atoms with Gasteiger partial charge in [0.2, 0.25) is 0 Å². The fraction of sp³-hybridized carbons (Fsp3) is 0.895. The minimum absolute atomic E-state index is 0.184. The van der Waals surface area contributed by atoms with Crippen LogP contribution in [0.2, 0.25) is 10.5 Å². The first kappa shape index (κ1) is 33.8. The van der Waals surface area contributed by atoms with Crippen LogP contribution in [0.5, 0.6) is 0 Å². The Morgan fingerprint density at radius 3 is 0.660 bits per heavy atom. The minimum atomic E-state index is -0.184. The molecule has 5 aliphatic heterocycles. The van der Waals surface area contributed by atoms with Gasteiger partial charge in [0.05, 0.1) is 49.3 Å². The van der Waals surface area contributed by atoms with Gasteiger partial charge in [-0.05, 0) is 98.7 Å². The third-order valence-corrected chi connectivity index (χ3v) is 18.0. The Bertz CT molecular complexity index is 845. The second-order valence-electron chi connectivity index (χ2n) is 17.1. The quantitative estimate of drug-likeness (QED) is 0.126. The molecule has 8 N–H and O–H groups in total. The van der Waals surface area contributed by atoms with Crippen molar-refractivity contribution in [1.82, 2.24) is 42.5 Å². The number of hydrogen-bond acceptors (Lipinski definition) is 8. The monoisotopic (exact) mass is 710 g/mol. The van der Waals surface area contributed by atoms with Crippen molar-refractivity contribution in [3.63, 3.8) is 0 Å². The number of nitrogens with one attached hydrogen (secondary N) is 8. The second-order valence-corrected chi connectivity index (χ2v) is 21.0. The molecule has 9 aliphatic rings. The van der Waals surface area contributed by atoms with Gasteiger partial charge in [0.25, 0.3) is 0 Å². The van der Waals surface area contributed by atoms with Crippen molar-refractivity contribution >= 4 is 15.4 Å². The summed E-state index contributed by atoms with van der Waals surface area (Å²) in [7, 11) is 0. The molecule has 0 aromatic carbocycles. The third kappa shape index (κ3) is 7.00. The summed E-state index contributed by atoms with van der Waals surface area (Å²) >= 11 is -0.184. The van der Waals surface area contributed by atoms with Crippen LogP contribution < -0.4 is 42.5 Å². The van der Waals surface area contributed by atoms with Crippen LogP contribution in [-0.4, -0.2) is 64.8 Å². The average Bonchev–Trinajstić information content (AvgIpc) is 3.85. The van der Waals surface area contributed by atoms with Gasteiger partial charge in [-0.1, -0.05) is 51.4 Å². The van der Waals surface area contributed by atoms with Gasteiger partial charge in [0.1, 0.15) is 0 Å². The Hall–Kier alpha value is -0.297. The first-order valence-electron chi connectivity index (χ1n) is 20.5. The fourth-order valence-corrected chi connectivity index (χ4v) is 14.1. The van der Waals surface area contributed by atoms with Gasteiger partial charge in [0.15, 0.2) is 0 Å². The number of allylic oxidation sites excluding steroid dienone is 2. The molecule has 8 atom stereocenters. The van der Waals surface area contributed by atoms with Crippen LogP contribution in [-0.2, 0) is 0 Å². The van der Waals surface area contributed by atoms with Gasteiger partial charge in [-0.15, -0.1) is 0 Å². The Morgan fingerprint density at radius 2 is 0.511 bits per heavy atom. The molecule has 0 aromatic heterocycles. The van der Waals surface area contributed by atoms with Gasteiger partial charge < -0.3 is 0 Å². The normalized spacial score (nSPS) is 50.2. The van der Waals surface area contributed by atoms with Crippen LogP contribution in [0.4, 0.5) is 0 Å². The van der Waals surface area contributed by atoms with Crippen molar-refractivity contribution in [2.24, 2.45) is 47.3 Å². The number of fused-ring (bicyclic) bond motifs is 20. The molecule has 0 amide bonds. The van der Waals surface area contributed by atoms with Crippen molar-refractivity contribution in [3.05, 3.63) is 25.3 Å². The van der Waals surface area contributed by atoms with E-state index in [2.05, 4.69) is 55.7 Å². The van der Waals surface area contributed by atoms with Crippen molar-refractivity contribution in [2.75, 3.05) is 0 Å². The SMILES string of the molecule is C1CCC2C3NC(NC4NC(NC5NC(NC6NC(N3)C3CCCCC63)C3CCCCC53)C3CCCCC43)C2C1.C=C[CH2][GeH2][CH2]C=C. The molecule has 9 rings (SSSR count). The van der Waals surface area contributed by atoms with E-state index in [4.69, 9.17) is 0 Å². The van der Waals surface area contributed by atoms with Crippen LogP contribution in [0.25, 0.3) is 0 Å². The standard InChI is InChI=1S/C32H56N8.C6H12Ge/c1-2-10-18-17(9-1)25-33-26(18)38-28-21-13-5-6-14-22(21)30(35-28)40-32-24-16-8-7-15-23(24)31(36-32)39-29-20-12-4-3-11-19(20)27(34-29)37-25;1-3-5-7-6-4-2/h17-40H,1-16H2;3-4H,1-2,5-7H2. The predicted molar refractivity (Wildman–Crippen MR) is 196 cm³/mol. The molecule has 5 saturated heterocycles. The van der Waals surface area contributed by atoms with E-state index in [0.717, 1.165) is 47.3 Å². The molecular weight excluding hydrogens is 641 g/mol. The molecule has 47 heavy (non-hydrogen) atoms. The van der Waals surface area contributed by atoms with E-state index in [1.54, 1.807) is 0 Å². The topological polar surface area (TPSA) is 96.2 Å². The molecule has 8 unspecified atom stereocenters. The molecule has 0 spiro atoms. The van der Waals surface area contributed by atoms with Crippen molar-refractivity contribution < 1.29 is 0 Å². The van der Waals surface area contributed by atoms with Crippen LogP contribution in [0.1, 0.15) is 103 Å². The molecule has 264 valence electrons. The third-order valence-electron chi connectivity index (χ3n) is 14.6. The maximum atomic E-state index is 4.26. The van der Waals surface area contributed by atoms with E-state index in [-0.39, 0.29) is 15.4 Å².